The van der Waals surface area contributed by atoms with Gasteiger partial charge in [-0.1, -0.05) is 18.6 Å². The molecular weight excluding hydrogens is 244 g/mol. The zero-order valence-electron chi connectivity index (χ0n) is 11.6. The number of fused-ring (bicyclic) bond motifs is 2. The highest BCUT2D eigenvalue weighted by atomic mass is 16.6. The molecule has 1 saturated carbocycles. The van der Waals surface area contributed by atoms with E-state index in [0.29, 0.717) is 0 Å². The van der Waals surface area contributed by atoms with Crippen LogP contribution in [-0.4, -0.2) is 34.5 Å². The van der Waals surface area contributed by atoms with E-state index in [1.807, 2.05) is 19.9 Å². The minimum atomic E-state index is -0.573. The Morgan fingerprint density at radius 2 is 2.21 bits per heavy atom. The third-order valence-electron chi connectivity index (χ3n) is 5.96. The highest BCUT2D eigenvalue weighted by Gasteiger charge is 2.79. The van der Waals surface area contributed by atoms with Crippen LogP contribution in [0.5, 0.6) is 0 Å². The average Bonchev–Trinajstić information content (AvgIpc) is 2.77. The van der Waals surface area contributed by atoms with Gasteiger partial charge in [0.05, 0.1) is 17.4 Å². The molecule has 4 rings (SSSR count). The molecule has 2 aliphatic carbocycles. The van der Waals surface area contributed by atoms with Crippen molar-refractivity contribution < 1.29 is 19.4 Å². The van der Waals surface area contributed by atoms with Gasteiger partial charge in [-0.2, -0.15) is 0 Å². The van der Waals surface area contributed by atoms with Gasteiger partial charge < -0.3 is 14.6 Å². The van der Waals surface area contributed by atoms with Crippen molar-refractivity contribution in [3.63, 3.8) is 0 Å². The molecule has 4 nitrogen and oxygen atoms in total. The van der Waals surface area contributed by atoms with Gasteiger partial charge in [0.1, 0.15) is 17.8 Å². The summed E-state index contributed by atoms with van der Waals surface area (Å²) in [5, 5.41) is 10.4. The number of aliphatic hydroxyl groups is 1. The van der Waals surface area contributed by atoms with Crippen LogP contribution in [0.15, 0.2) is 11.6 Å². The lowest BCUT2D eigenvalue weighted by molar-refractivity contribution is -0.146. The summed E-state index contributed by atoms with van der Waals surface area (Å²) in [5.74, 6) is 0.155. The first-order valence-corrected chi connectivity index (χ1v) is 7.18. The summed E-state index contributed by atoms with van der Waals surface area (Å²) in [7, 11) is 0. The van der Waals surface area contributed by atoms with Crippen LogP contribution < -0.4 is 0 Å². The summed E-state index contributed by atoms with van der Waals surface area (Å²) >= 11 is 0. The van der Waals surface area contributed by atoms with E-state index in [1.165, 1.54) is 0 Å². The predicted octanol–water partition coefficient (Wildman–Crippen LogP) is 1.42. The van der Waals surface area contributed by atoms with E-state index in [0.717, 1.165) is 18.4 Å². The van der Waals surface area contributed by atoms with Gasteiger partial charge in [0.15, 0.2) is 0 Å². The van der Waals surface area contributed by atoms with E-state index in [2.05, 4.69) is 6.92 Å². The van der Waals surface area contributed by atoms with Gasteiger partial charge in [-0.15, -0.1) is 0 Å². The molecular formula is C15H20O4. The van der Waals surface area contributed by atoms with Crippen molar-refractivity contribution in [1.29, 1.82) is 0 Å². The summed E-state index contributed by atoms with van der Waals surface area (Å²) in [6, 6.07) is 0. The molecule has 3 fully saturated rings. The Morgan fingerprint density at radius 3 is 2.95 bits per heavy atom. The molecule has 2 saturated heterocycles. The van der Waals surface area contributed by atoms with E-state index in [1.54, 1.807) is 0 Å². The Kier molecular flexibility index (Phi) is 2.03. The van der Waals surface area contributed by atoms with Crippen LogP contribution in [0.2, 0.25) is 0 Å². The Bertz CT molecular complexity index is 498. The Balaban J connectivity index is 1.81. The first-order valence-electron chi connectivity index (χ1n) is 7.18. The van der Waals surface area contributed by atoms with Crippen molar-refractivity contribution in [2.45, 2.75) is 57.0 Å². The number of carbonyl (C=O) groups is 1. The first-order chi connectivity index (χ1) is 8.91. The molecule has 7 atom stereocenters. The van der Waals surface area contributed by atoms with Crippen molar-refractivity contribution in [3.05, 3.63) is 11.6 Å². The topological polar surface area (TPSA) is 59.1 Å². The molecule has 2 aliphatic heterocycles. The SMILES string of the molecule is CC1=C[C@H](O)[C@@]23O[C@]2(C)CC[C@@H]2[C@@H](OC(=O)[C@H]2C)[C@@H]13. The van der Waals surface area contributed by atoms with Crippen LogP contribution >= 0.6 is 0 Å². The summed E-state index contributed by atoms with van der Waals surface area (Å²) in [5.41, 5.74) is 0.304. The van der Waals surface area contributed by atoms with Crippen LogP contribution in [0.25, 0.3) is 0 Å². The molecule has 0 radical (unpaired) electrons. The van der Waals surface area contributed by atoms with Gasteiger partial charge in [0.2, 0.25) is 0 Å². The largest absolute Gasteiger partial charge is 0.461 e. The zero-order valence-corrected chi connectivity index (χ0v) is 11.6. The normalized spacial score (nSPS) is 58.6. The molecule has 19 heavy (non-hydrogen) atoms. The quantitative estimate of drug-likeness (QED) is 0.408. The molecule has 4 heteroatoms. The maximum Gasteiger partial charge on any atom is 0.309 e. The van der Waals surface area contributed by atoms with E-state index < -0.39 is 11.7 Å². The predicted molar refractivity (Wildman–Crippen MR) is 67.2 cm³/mol. The molecule has 0 unspecified atom stereocenters. The lowest BCUT2D eigenvalue weighted by Crippen LogP contribution is -2.43. The molecule has 4 aliphatic rings. The van der Waals surface area contributed by atoms with Gasteiger partial charge in [0, 0.05) is 5.92 Å². The molecule has 0 bridgehead atoms. The number of aliphatic hydroxyl groups excluding tert-OH is 1. The molecule has 0 amide bonds. The average molecular weight is 264 g/mol. The number of ether oxygens (including phenoxy) is 2. The maximum atomic E-state index is 11.9. The number of carbonyl (C=O) groups excluding carboxylic acids is 1. The standard InChI is InChI=1S/C15H20O4/c1-7-6-10(16)15-11(7)12-9(8(2)13(17)18-12)4-5-14(15,3)19-15/h6,8-12,16H,4-5H2,1-3H3/t8-,9-,10-,11+,12+,14+,15-/m0/s1. The summed E-state index contributed by atoms with van der Waals surface area (Å²) in [4.78, 5) is 11.9. The summed E-state index contributed by atoms with van der Waals surface area (Å²) in [6.07, 6.45) is 3.02. The third-order valence-corrected chi connectivity index (χ3v) is 5.96. The number of esters is 1. The Labute approximate surface area is 112 Å². The van der Waals surface area contributed by atoms with Gasteiger partial charge in [0.25, 0.3) is 0 Å². The Hall–Kier alpha value is -0.870. The molecule has 2 heterocycles. The van der Waals surface area contributed by atoms with Crippen LogP contribution in [0.3, 0.4) is 0 Å². The fourth-order valence-electron chi connectivity index (χ4n) is 4.82. The second kappa shape index (κ2) is 3.23. The van der Waals surface area contributed by atoms with Crippen molar-refractivity contribution >= 4 is 5.97 Å². The van der Waals surface area contributed by atoms with E-state index in [9.17, 15) is 9.90 Å². The fourth-order valence-corrected chi connectivity index (χ4v) is 4.82. The number of hydrogen-bond donors (Lipinski definition) is 1. The zero-order chi connectivity index (χ0) is 13.6. The van der Waals surface area contributed by atoms with Gasteiger partial charge in [-0.3, -0.25) is 4.79 Å². The minimum Gasteiger partial charge on any atom is -0.461 e. The highest BCUT2D eigenvalue weighted by Crippen LogP contribution is 2.67. The van der Waals surface area contributed by atoms with Crippen LogP contribution in [0.1, 0.15) is 33.6 Å². The van der Waals surface area contributed by atoms with Crippen molar-refractivity contribution in [3.8, 4) is 0 Å². The molecule has 0 aromatic heterocycles. The van der Waals surface area contributed by atoms with Gasteiger partial charge in [-0.05, 0) is 26.7 Å². The van der Waals surface area contributed by atoms with Crippen LogP contribution in [0.4, 0.5) is 0 Å². The lowest BCUT2D eigenvalue weighted by atomic mass is 9.77. The summed E-state index contributed by atoms with van der Waals surface area (Å²) < 4.78 is 11.7. The number of hydrogen-bond acceptors (Lipinski definition) is 4. The molecule has 1 N–H and O–H groups in total. The van der Waals surface area contributed by atoms with Crippen LogP contribution in [-0.2, 0) is 14.3 Å². The molecule has 104 valence electrons. The molecule has 1 spiro atoms. The summed E-state index contributed by atoms with van der Waals surface area (Å²) in [6.45, 7) is 6.07. The lowest BCUT2D eigenvalue weighted by Gasteiger charge is -2.28. The monoisotopic (exact) mass is 264 g/mol. The fraction of sp³-hybridized carbons (Fsp3) is 0.800. The van der Waals surface area contributed by atoms with Gasteiger partial charge in [-0.25, -0.2) is 0 Å². The molecule has 0 aromatic carbocycles. The maximum absolute atomic E-state index is 11.9. The number of epoxide rings is 1. The van der Waals surface area contributed by atoms with Crippen LogP contribution in [0, 0.1) is 17.8 Å². The van der Waals surface area contributed by atoms with Crippen molar-refractivity contribution in [1.82, 2.24) is 0 Å². The van der Waals surface area contributed by atoms with E-state index in [-0.39, 0.29) is 35.4 Å². The second-order valence-corrected chi connectivity index (χ2v) is 6.85. The smallest absolute Gasteiger partial charge is 0.309 e. The Morgan fingerprint density at radius 1 is 1.47 bits per heavy atom. The highest BCUT2D eigenvalue weighted by molar-refractivity contribution is 5.75. The van der Waals surface area contributed by atoms with E-state index in [4.69, 9.17) is 9.47 Å². The van der Waals surface area contributed by atoms with Gasteiger partial charge >= 0.3 is 5.97 Å². The van der Waals surface area contributed by atoms with Crippen molar-refractivity contribution in [2.24, 2.45) is 17.8 Å². The van der Waals surface area contributed by atoms with E-state index >= 15 is 0 Å². The third kappa shape index (κ3) is 1.16. The number of rotatable bonds is 0. The first kappa shape index (κ1) is 11.9. The second-order valence-electron chi connectivity index (χ2n) is 6.85. The minimum absolute atomic E-state index is 0.0221. The molecule has 0 aromatic rings. The van der Waals surface area contributed by atoms with Crippen molar-refractivity contribution in [2.75, 3.05) is 0 Å².